The predicted octanol–water partition coefficient (Wildman–Crippen LogP) is 2.72. The lowest BCUT2D eigenvalue weighted by atomic mass is 9.99. The van der Waals surface area contributed by atoms with Crippen molar-refractivity contribution in [1.82, 2.24) is 9.55 Å². The summed E-state index contributed by atoms with van der Waals surface area (Å²) >= 11 is 0. The van der Waals surface area contributed by atoms with Gasteiger partial charge in [0.05, 0.1) is 12.3 Å². The molecule has 28 heavy (non-hydrogen) atoms. The maximum Gasteiger partial charge on any atom is 0.271 e. The van der Waals surface area contributed by atoms with E-state index in [0.717, 1.165) is 25.9 Å². The molecule has 1 aliphatic rings. The molecule has 0 aliphatic carbocycles. The molecule has 0 radical (unpaired) electrons. The van der Waals surface area contributed by atoms with E-state index in [0.29, 0.717) is 17.4 Å². The van der Waals surface area contributed by atoms with Crippen molar-refractivity contribution >= 4 is 11.6 Å². The minimum Gasteiger partial charge on any atom is -0.384 e. The summed E-state index contributed by atoms with van der Waals surface area (Å²) in [5.74, 6) is 5.60. The van der Waals surface area contributed by atoms with Gasteiger partial charge in [0, 0.05) is 25.7 Å². The Kier molecular flexibility index (Phi) is 5.77. The third-order valence-corrected chi connectivity index (χ3v) is 4.97. The van der Waals surface area contributed by atoms with Crippen molar-refractivity contribution in [3.8, 4) is 23.1 Å². The third-order valence-electron chi connectivity index (χ3n) is 4.97. The molecule has 3 rings (SSSR count). The number of hydrogen-bond acceptors (Lipinski definition) is 4. The molecule has 0 amide bonds. The van der Waals surface area contributed by atoms with Crippen LogP contribution in [0.3, 0.4) is 0 Å². The second-order valence-corrected chi connectivity index (χ2v) is 6.91. The zero-order chi connectivity index (χ0) is 20.3. The van der Waals surface area contributed by atoms with Crippen LogP contribution in [0.2, 0.25) is 0 Å². The van der Waals surface area contributed by atoms with Gasteiger partial charge in [0.15, 0.2) is 0 Å². The van der Waals surface area contributed by atoms with E-state index < -0.39 is 12.4 Å². The normalized spacial score (nSPS) is 14.3. The van der Waals surface area contributed by atoms with Gasteiger partial charge in [-0.3, -0.25) is 9.36 Å². The van der Waals surface area contributed by atoms with Crippen LogP contribution in [0.4, 0.5) is 16.0 Å². The van der Waals surface area contributed by atoms with E-state index in [2.05, 4.69) is 33.5 Å². The number of aromatic nitrogens is 2. The van der Waals surface area contributed by atoms with E-state index in [1.165, 1.54) is 16.7 Å². The Morgan fingerprint density at radius 1 is 1.39 bits per heavy atom. The molecule has 1 aliphatic heterocycles. The Bertz CT molecular complexity index is 1050. The van der Waals surface area contributed by atoms with Crippen molar-refractivity contribution in [2.24, 2.45) is 13.0 Å². The van der Waals surface area contributed by atoms with Gasteiger partial charge in [-0.2, -0.15) is 0 Å². The van der Waals surface area contributed by atoms with Crippen LogP contribution in [-0.4, -0.2) is 34.4 Å². The van der Waals surface area contributed by atoms with Gasteiger partial charge in [-0.15, -0.1) is 0 Å². The molecule has 0 unspecified atom stereocenters. The average Bonchev–Trinajstić information content (AvgIpc) is 2.70. The van der Waals surface area contributed by atoms with Crippen LogP contribution in [0.5, 0.6) is 0 Å². The van der Waals surface area contributed by atoms with Gasteiger partial charge < -0.3 is 10.0 Å². The van der Waals surface area contributed by atoms with E-state index in [-0.39, 0.29) is 22.5 Å². The molecular weight excluding hydrogens is 359 g/mol. The van der Waals surface area contributed by atoms with Crippen molar-refractivity contribution in [2.45, 2.75) is 19.8 Å². The van der Waals surface area contributed by atoms with Gasteiger partial charge >= 0.3 is 0 Å². The van der Waals surface area contributed by atoms with Crippen LogP contribution in [0.25, 0.3) is 16.1 Å². The number of anilines is 1. The second-order valence-electron chi connectivity index (χ2n) is 6.91. The minimum absolute atomic E-state index is 0.0965. The zero-order valence-corrected chi connectivity index (χ0v) is 15.9. The molecule has 1 aromatic heterocycles. The monoisotopic (exact) mass is 380 g/mol. The number of halogens is 1. The number of benzene rings is 1. The fourth-order valence-corrected chi connectivity index (χ4v) is 3.28. The van der Waals surface area contributed by atoms with Crippen LogP contribution < -0.4 is 10.5 Å². The van der Waals surface area contributed by atoms with Crippen LogP contribution in [0.1, 0.15) is 25.3 Å². The van der Waals surface area contributed by atoms with Crippen molar-refractivity contribution in [2.75, 3.05) is 24.6 Å². The standard InChI is InChI=1S/C21H21FN4O2/c1-14-8-10-26(11-9-14)21-24-19(15-6-7-18(23-2)17(22)13-15)16(5-4-12-27)20(28)25(21)3/h6-7,13-14,27H,8-12H2,1,3H3. The van der Waals surface area contributed by atoms with Gasteiger partial charge in [0.1, 0.15) is 18.0 Å². The SMILES string of the molecule is [C-]#[N+]c1ccc(-c2nc(N3CCC(C)CC3)n(C)c(=O)c2C#CCO)cc1F. The van der Waals surface area contributed by atoms with Crippen molar-refractivity contribution in [1.29, 1.82) is 0 Å². The fraction of sp³-hybridized carbons (Fsp3) is 0.381. The quantitative estimate of drug-likeness (QED) is 0.643. The lowest BCUT2D eigenvalue weighted by molar-refractivity contribution is 0.350. The Hall–Kier alpha value is -3.16. The highest BCUT2D eigenvalue weighted by Crippen LogP contribution is 2.28. The maximum absolute atomic E-state index is 14.2. The number of piperidine rings is 1. The summed E-state index contributed by atoms with van der Waals surface area (Å²) in [6.07, 6.45) is 2.01. The molecule has 1 saturated heterocycles. The van der Waals surface area contributed by atoms with Gasteiger partial charge in [-0.05, 0) is 24.8 Å². The van der Waals surface area contributed by atoms with E-state index in [4.69, 9.17) is 11.7 Å². The molecule has 0 bridgehead atoms. The van der Waals surface area contributed by atoms with Crippen molar-refractivity contribution in [3.63, 3.8) is 0 Å². The molecule has 2 aromatic rings. The van der Waals surface area contributed by atoms with Crippen LogP contribution in [-0.2, 0) is 7.05 Å². The summed E-state index contributed by atoms with van der Waals surface area (Å²) in [5.41, 5.74) is 0.278. The van der Waals surface area contributed by atoms with Crippen molar-refractivity contribution in [3.05, 3.63) is 51.4 Å². The van der Waals surface area contributed by atoms with Crippen molar-refractivity contribution < 1.29 is 9.50 Å². The molecule has 7 heteroatoms. The topological polar surface area (TPSA) is 62.7 Å². The van der Waals surface area contributed by atoms with Gasteiger partial charge in [-0.1, -0.05) is 30.9 Å². The number of hydrogen-bond donors (Lipinski definition) is 1. The number of nitrogens with zero attached hydrogens (tertiary/aromatic N) is 4. The maximum atomic E-state index is 14.2. The average molecular weight is 380 g/mol. The Morgan fingerprint density at radius 2 is 2.11 bits per heavy atom. The molecule has 0 spiro atoms. The first-order valence-electron chi connectivity index (χ1n) is 9.09. The summed E-state index contributed by atoms with van der Waals surface area (Å²) in [4.78, 5) is 22.8. The van der Waals surface area contributed by atoms with E-state index in [1.54, 1.807) is 13.1 Å². The van der Waals surface area contributed by atoms with E-state index >= 15 is 0 Å². The number of rotatable bonds is 2. The molecular formula is C21H21FN4O2. The molecule has 1 fully saturated rings. The predicted molar refractivity (Wildman–Crippen MR) is 106 cm³/mol. The molecule has 2 heterocycles. The number of aliphatic hydroxyl groups excluding tert-OH is 1. The Labute approximate surface area is 163 Å². The Morgan fingerprint density at radius 3 is 2.71 bits per heavy atom. The number of aliphatic hydroxyl groups is 1. The lowest BCUT2D eigenvalue weighted by Crippen LogP contribution is -2.38. The highest BCUT2D eigenvalue weighted by molar-refractivity contribution is 5.70. The Balaban J connectivity index is 2.20. The first kappa shape index (κ1) is 19.6. The molecule has 6 nitrogen and oxygen atoms in total. The largest absolute Gasteiger partial charge is 0.384 e. The first-order valence-corrected chi connectivity index (χ1v) is 9.09. The first-order chi connectivity index (χ1) is 13.5. The molecule has 0 atom stereocenters. The highest BCUT2D eigenvalue weighted by Gasteiger charge is 2.23. The van der Waals surface area contributed by atoms with Crippen LogP contribution in [0.15, 0.2) is 23.0 Å². The smallest absolute Gasteiger partial charge is 0.271 e. The van der Waals surface area contributed by atoms with Gasteiger partial charge in [0.25, 0.3) is 5.56 Å². The highest BCUT2D eigenvalue weighted by atomic mass is 19.1. The third kappa shape index (κ3) is 3.76. The molecule has 144 valence electrons. The summed E-state index contributed by atoms with van der Waals surface area (Å²) in [7, 11) is 1.64. The minimum atomic E-state index is -0.676. The van der Waals surface area contributed by atoms with E-state index in [1.807, 2.05) is 0 Å². The summed E-state index contributed by atoms with van der Waals surface area (Å²) in [6, 6.07) is 4.12. The van der Waals surface area contributed by atoms with Gasteiger partial charge in [0.2, 0.25) is 11.6 Å². The summed E-state index contributed by atoms with van der Waals surface area (Å²) in [5, 5.41) is 9.04. The molecule has 0 saturated carbocycles. The molecule has 1 N–H and O–H groups in total. The fourth-order valence-electron chi connectivity index (χ4n) is 3.28. The van der Waals surface area contributed by atoms with E-state index in [9.17, 15) is 9.18 Å². The molecule has 1 aromatic carbocycles. The summed E-state index contributed by atoms with van der Waals surface area (Å²) in [6.45, 7) is 10.4. The second kappa shape index (κ2) is 8.24. The summed E-state index contributed by atoms with van der Waals surface area (Å²) < 4.78 is 15.6. The van der Waals surface area contributed by atoms with Crippen LogP contribution >= 0.6 is 0 Å². The zero-order valence-electron chi connectivity index (χ0n) is 15.9. The lowest BCUT2D eigenvalue weighted by Gasteiger charge is -2.32. The van der Waals surface area contributed by atoms with Gasteiger partial charge in [-0.25, -0.2) is 14.2 Å². The van der Waals surface area contributed by atoms with Crippen LogP contribution in [0, 0.1) is 30.1 Å².